The van der Waals surface area contributed by atoms with Crippen LogP contribution in [-0.4, -0.2) is 17.2 Å². The average molecular weight is 415 g/mol. The Morgan fingerprint density at radius 3 is 2.62 bits per heavy atom. The van der Waals surface area contributed by atoms with E-state index in [1.165, 1.54) is 6.07 Å². The number of alkyl halides is 3. The predicted molar refractivity (Wildman–Crippen MR) is 71.4 cm³/mol. The molecule has 112 valence electrons. The van der Waals surface area contributed by atoms with Gasteiger partial charge < -0.3 is 10.1 Å². The molecule has 0 aliphatic heterocycles. The van der Waals surface area contributed by atoms with Gasteiger partial charge in [0, 0.05) is 9.64 Å². The number of halogens is 4. The third kappa shape index (κ3) is 5.06. The van der Waals surface area contributed by atoms with E-state index in [-0.39, 0.29) is 3.57 Å². The topological polar surface area (TPSA) is 105 Å². The Morgan fingerprint density at radius 2 is 2.14 bits per heavy atom. The second-order valence-corrected chi connectivity index (χ2v) is 4.73. The number of nitro groups is 1. The number of carbonyl (C=O) groups is 1. The summed E-state index contributed by atoms with van der Waals surface area (Å²) in [7, 11) is 0. The average Bonchev–Trinajstić information content (AvgIpc) is 2.30. The van der Waals surface area contributed by atoms with Crippen molar-refractivity contribution in [2.75, 3.05) is 5.32 Å². The maximum atomic E-state index is 12.3. The van der Waals surface area contributed by atoms with Crippen LogP contribution in [0.5, 0.6) is 5.75 Å². The van der Waals surface area contributed by atoms with Crippen LogP contribution in [-0.2, 0) is 4.79 Å². The fraction of sp³-hybridized carbons (Fsp3) is 0.200. The summed E-state index contributed by atoms with van der Waals surface area (Å²) in [5.74, 6) is -1.92. The number of nitro benzene ring substituents is 1. The van der Waals surface area contributed by atoms with Gasteiger partial charge in [0.25, 0.3) is 5.69 Å². The van der Waals surface area contributed by atoms with E-state index in [1.54, 1.807) is 22.6 Å². The first-order valence-corrected chi connectivity index (χ1v) is 6.12. The van der Waals surface area contributed by atoms with Crippen molar-refractivity contribution in [3.63, 3.8) is 0 Å². The van der Waals surface area contributed by atoms with E-state index >= 15 is 0 Å². The summed E-state index contributed by atoms with van der Waals surface area (Å²) in [6, 6.07) is 3.31. The molecule has 1 aromatic rings. The molecule has 1 amide bonds. The monoisotopic (exact) mass is 415 g/mol. The largest absolute Gasteiger partial charge is 0.573 e. The zero-order chi connectivity index (χ0) is 16.2. The van der Waals surface area contributed by atoms with Crippen molar-refractivity contribution in [2.24, 2.45) is 0 Å². The van der Waals surface area contributed by atoms with Gasteiger partial charge in [0.1, 0.15) is 6.42 Å². The minimum atomic E-state index is -5.09. The molecule has 0 aliphatic carbocycles. The van der Waals surface area contributed by atoms with Crippen LogP contribution in [0, 0.1) is 25.0 Å². The predicted octanol–water partition coefficient (Wildman–Crippen LogP) is 2.95. The lowest BCUT2D eigenvalue weighted by Crippen LogP contribution is -2.20. The van der Waals surface area contributed by atoms with E-state index in [2.05, 4.69) is 4.74 Å². The van der Waals surface area contributed by atoms with Crippen molar-refractivity contribution >= 4 is 39.9 Å². The highest BCUT2D eigenvalue weighted by Crippen LogP contribution is 2.39. The van der Waals surface area contributed by atoms with Crippen LogP contribution in [0.25, 0.3) is 0 Å². The Morgan fingerprint density at radius 1 is 1.52 bits per heavy atom. The quantitative estimate of drug-likeness (QED) is 0.463. The Hall–Kier alpha value is -2.10. The van der Waals surface area contributed by atoms with Crippen molar-refractivity contribution in [1.29, 1.82) is 5.26 Å². The zero-order valence-corrected chi connectivity index (χ0v) is 12.1. The minimum Gasteiger partial charge on any atom is -0.403 e. The Labute approximate surface area is 129 Å². The molecule has 0 radical (unpaired) electrons. The summed E-state index contributed by atoms with van der Waals surface area (Å²) in [6.07, 6.45) is -5.76. The number of nitriles is 1. The van der Waals surface area contributed by atoms with Gasteiger partial charge in [-0.25, -0.2) is 0 Å². The van der Waals surface area contributed by atoms with E-state index in [0.29, 0.717) is 0 Å². The molecular formula is C10H5F3IN3O4. The molecular weight excluding hydrogens is 410 g/mol. The highest BCUT2D eigenvalue weighted by Gasteiger charge is 2.34. The number of hydrogen-bond acceptors (Lipinski definition) is 5. The fourth-order valence-electron chi connectivity index (χ4n) is 1.30. The second kappa shape index (κ2) is 6.57. The van der Waals surface area contributed by atoms with Crippen LogP contribution in [0.4, 0.5) is 24.5 Å². The van der Waals surface area contributed by atoms with Crippen molar-refractivity contribution in [2.45, 2.75) is 12.8 Å². The van der Waals surface area contributed by atoms with Gasteiger partial charge in [0.15, 0.2) is 11.4 Å². The maximum absolute atomic E-state index is 12.3. The van der Waals surface area contributed by atoms with E-state index in [4.69, 9.17) is 5.26 Å². The summed E-state index contributed by atoms with van der Waals surface area (Å²) < 4.78 is 40.7. The SMILES string of the molecule is N#CCC(=O)Nc1c(OC(F)(F)F)cc(I)cc1[N+](=O)[O-]. The molecule has 0 saturated carbocycles. The van der Waals surface area contributed by atoms with E-state index < -0.39 is 40.7 Å². The van der Waals surface area contributed by atoms with Gasteiger partial charge in [-0.05, 0) is 28.7 Å². The number of anilines is 1. The highest BCUT2D eigenvalue weighted by atomic mass is 127. The molecule has 0 fully saturated rings. The fourth-order valence-corrected chi connectivity index (χ4v) is 1.88. The number of amides is 1. The first-order chi connectivity index (χ1) is 9.64. The van der Waals surface area contributed by atoms with Gasteiger partial charge >= 0.3 is 6.36 Å². The molecule has 7 nitrogen and oxygen atoms in total. The second-order valence-electron chi connectivity index (χ2n) is 3.49. The number of carbonyl (C=O) groups excluding carboxylic acids is 1. The molecule has 0 aromatic heterocycles. The molecule has 21 heavy (non-hydrogen) atoms. The van der Waals surface area contributed by atoms with E-state index in [1.807, 2.05) is 5.32 Å². The Bertz CT molecular complexity index is 627. The van der Waals surface area contributed by atoms with Crippen LogP contribution < -0.4 is 10.1 Å². The molecule has 0 saturated heterocycles. The third-order valence-electron chi connectivity index (χ3n) is 1.97. The molecule has 1 aromatic carbocycles. The van der Waals surface area contributed by atoms with E-state index in [9.17, 15) is 28.1 Å². The van der Waals surface area contributed by atoms with E-state index in [0.717, 1.165) is 12.1 Å². The van der Waals surface area contributed by atoms with Crippen LogP contribution >= 0.6 is 22.6 Å². The van der Waals surface area contributed by atoms with Gasteiger partial charge in [-0.15, -0.1) is 13.2 Å². The highest BCUT2D eigenvalue weighted by molar-refractivity contribution is 14.1. The number of hydrogen-bond donors (Lipinski definition) is 1. The Balaban J connectivity index is 3.36. The van der Waals surface area contributed by atoms with Crippen molar-refractivity contribution in [3.05, 3.63) is 25.8 Å². The number of nitrogens with one attached hydrogen (secondary N) is 1. The molecule has 0 heterocycles. The molecule has 0 unspecified atom stereocenters. The van der Waals surface area contributed by atoms with Gasteiger partial charge in [-0.1, -0.05) is 0 Å². The van der Waals surface area contributed by atoms with Crippen molar-refractivity contribution < 1.29 is 27.6 Å². The summed E-state index contributed by atoms with van der Waals surface area (Å²) in [5, 5.41) is 21.1. The van der Waals surface area contributed by atoms with Crippen molar-refractivity contribution in [1.82, 2.24) is 0 Å². The summed E-state index contributed by atoms with van der Waals surface area (Å²) in [4.78, 5) is 21.2. The number of ether oxygens (including phenoxy) is 1. The molecule has 11 heteroatoms. The molecule has 0 atom stereocenters. The third-order valence-corrected chi connectivity index (χ3v) is 2.60. The van der Waals surface area contributed by atoms with Gasteiger partial charge in [0.2, 0.25) is 5.91 Å². The molecule has 0 aliphatic rings. The van der Waals surface area contributed by atoms with Crippen LogP contribution in [0.2, 0.25) is 0 Å². The normalized spacial score (nSPS) is 10.6. The number of nitrogens with zero attached hydrogens (tertiary/aromatic N) is 2. The lowest BCUT2D eigenvalue weighted by molar-refractivity contribution is -0.384. The standard InChI is InChI=1S/C10H5F3IN3O4/c11-10(12,13)21-7-4-5(14)3-6(17(19)20)9(7)16-8(18)1-2-15/h3-4H,1H2,(H,16,18). The van der Waals surface area contributed by atoms with Gasteiger partial charge in [-0.3, -0.25) is 14.9 Å². The lowest BCUT2D eigenvalue weighted by atomic mass is 10.2. The minimum absolute atomic E-state index is 0.108. The van der Waals surface area contributed by atoms with Gasteiger partial charge in [0.05, 0.1) is 11.0 Å². The smallest absolute Gasteiger partial charge is 0.403 e. The summed E-state index contributed by atoms with van der Waals surface area (Å²) in [5.41, 5.74) is -1.52. The molecule has 0 spiro atoms. The van der Waals surface area contributed by atoms with Gasteiger partial charge in [-0.2, -0.15) is 5.26 Å². The zero-order valence-electron chi connectivity index (χ0n) is 9.90. The van der Waals surface area contributed by atoms with Crippen molar-refractivity contribution in [3.8, 4) is 11.8 Å². The molecule has 0 bridgehead atoms. The van der Waals surface area contributed by atoms with Crippen LogP contribution in [0.1, 0.15) is 6.42 Å². The maximum Gasteiger partial charge on any atom is 0.573 e. The first kappa shape index (κ1) is 17.0. The molecule has 1 rings (SSSR count). The first-order valence-electron chi connectivity index (χ1n) is 5.04. The van der Waals surface area contributed by atoms with Crippen LogP contribution in [0.3, 0.4) is 0 Å². The number of benzene rings is 1. The summed E-state index contributed by atoms with van der Waals surface area (Å²) in [6.45, 7) is 0. The van der Waals surface area contributed by atoms with Crippen LogP contribution in [0.15, 0.2) is 12.1 Å². The summed E-state index contributed by atoms with van der Waals surface area (Å²) >= 11 is 1.57. The Kier molecular flexibility index (Phi) is 5.30. The number of rotatable bonds is 4. The lowest BCUT2D eigenvalue weighted by Gasteiger charge is -2.14. The molecule has 1 N–H and O–H groups in total.